The molecular weight excluding hydrogens is 159 g/mol. The van der Waals surface area contributed by atoms with E-state index in [2.05, 4.69) is 5.10 Å². The molecule has 1 aromatic rings. The van der Waals surface area contributed by atoms with Crippen molar-refractivity contribution in [2.75, 3.05) is 0 Å². The molecule has 0 saturated heterocycles. The zero-order valence-electron chi connectivity index (χ0n) is 7.12. The van der Waals surface area contributed by atoms with Gasteiger partial charge in [-0.25, -0.2) is 4.39 Å². The predicted octanol–water partition coefficient (Wildman–Crippen LogP) is 1.44. The lowest BCUT2D eigenvalue weighted by Gasteiger charge is -1.99. The standard InChI is InChI=1S/C8H11FN2O/c1-6(9)4-11-5-8(3-10-11)7(2)12/h3,5-6H,4H2,1-2H3. The van der Waals surface area contributed by atoms with Gasteiger partial charge in [-0.2, -0.15) is 5.10 Å². The van der Waals surface area contributed by atoms with E-state index < -0.39 is 6.17 Å². The third-order valence-electron chi connectivity index (χ3n) is 1.48. The number of rotatable bonds is 3. The van der Waals surface area contributed by atoms with Gasteiger partial charge in [0.2, 0.25) is 0 Å². The SMILES string of the molecule is CC(=O)c1cnn(CC(C)F)c1. The van der Waals surface area contributed by atoms with E-state index in [4.69, 9.17) is 0 Å². The summed E-state index contributed by atoms with van der Waals surface area (Å²) in [5.41, 5.74) is 0.524. The maximum absolute atomic E-state index is 12.5. The molecule has 0 aliphatic rings. The highest BCUT2D eigenvalue weighted by molar-refractivity contribution is 5.93. The number of hydrogen-bond acceptors (Lipinski definition) is 2. The summed E-state index contributed by atoms with van der Waals surface area (Å²) in [4.78, 5) is 10.8. The third-order valence-corrected chi connectivity index (χ3v) is 1.48. The Morgan fingerprint density at radius 2 is 2.50 bits per heavy atom. The van der Waals surface area contributed by atoms with E-state index in [1.54, 1.807) is 6.20 Å². The molecule has 0 saturated carbocycles. The van der Waals surface area contributed by atoms with E-state index in [0.717, 1.165) is 0 Å². The van der Waals surface area contributed by atoms with E-state index in [1.165, 1.54) is 24.7 Å². The highest BCUT2D eigenvalue weighted by Gasteiger charge is 2.04. The molecule has 12 heavy (non-hydrogen) atoms. The van der Waals surface area contributed by atoms with Gasteiger partial charge in [-0.1, -0.05) is 0 Å². The van der Waals surface area contributed by atoms with Crippen molar-refractivity contribution in [3.8, 4) is 0 Å². The lowest BCUT2D eigenvalue weighted by atomic mass is 10.3. The summed E-state index contributed by atoms with van der Waals surface area (Å²) < 4.78 is 13.9. The van der Waals surface area contributed by atoms with E-state index >= 15 is 0 Å². The fraction of sp³-hybridized carbons (Fsp3) is 0.500. The molecule has 0 aliphatic carbocycles. The second-order valence-corrected chi connectivity index (χ2v) is 2.79. The minimum Gasteiger partial charge on any atom is -0.294 e. The second-order valence-electron chi connectivity index (χ2n) is 2.79. The predicted molar refractivity (Wildman–Crippen MR) is 42.8 cm³/mol. The molecule has 1 aromatic heterocycles. The topological polar surface area (TPSA) is 34.9 Å². The molecule has 0 amide bonds. The average Bonchev–Trinajstić information content (AvgIpc) is 2.34. The van der Waals surface area contributed by atoms with Gasteiger partial charge in [0.25, 0.3) is 0 Å². The Labute approximate surface area is 70.2 Å². The van der Waals surface area contributed by atoms with Crippen LogP contribution in [-0.2, 0) is 6.54 Å². The van der Waals surface area contributed by atoms with Gasteiger partial charge >= 0.3 is 0 Å². The van der Waals surface area contributed by atoms with Crippen LogP contribution in [0.5, 0.6) is 0 Å². The molecule has 1 rings (SSSR count). The molecule has 3 nitrogen and oxygen atoms in total. The number of Topliss-reactive ketones (excluding diaryl/α,β-unsaturated/α-hetero) is 1. The van der Waals surface area contributed by atoms with E-state index in [1.807, 2.05) is 0 Å². The summed E-state index contributed by atoms with van der Waals surface area (Å²) in [7, 11) is 0. The molecule has 0 radical (unpaired) electrons. The molecule has 66 valence electrons. The van der Waals surface area contributed by atoms with Crippen LogP contribution in [0.3, 0.4) is 0 Å². The van der Waals surface area contributed by atoms with Crippen LogP contribution in [0.25, 0.3) is 0 Å². The Bertz CT molecular complexity index is 280. The summed E-state index contributed by atoms with van der Waals surface area (Å²) >= 11 is 0. The minimum atomic E-state index is -0.940. The zero-order valence-corrected chi connectivity index (χ0v) is 7.12. The largest absolute Gasteiger partial charge is 0.294 e. The van der Waals surface area contributed by atoms with E-state index in [-0.39, 0.29) is 12.3 Å². The molecule has 4 heteroatoms. The van der Waals surface area contributed by atoms with Gasteiger partial charge in [0.05, 0.1) is 18.3 Å². The number of carbonyl (C=O) groups is 1. The normalized spacial score (nSPS) is 12.9. The molecule has 0 bridgehead atoms. The van der Waals surface area contributed by atoms with Crippen molar-refractivity contribution in [2.45, 2.75) is 26.6 Å². The summed E-state index contributed by atoms with van der Waals surface area (Å²) in [6, 6.07) is 0. The first-order valence-electron chi connectivity index (χ1n) is 3.77. The van der Waals surface area contributed by atoms with Crippen molar-refractivity contribution < 1.29 is 9.18 Å². The van der Waals surface area contributed by atoms with Gasteiger partial charge in [-0.05, 0) is 13.8 Å². The Kier molecular flexibility index (Phi) is 2.58. The Hall–Kier alpha value is -1.19. The van der Waals surface area contributed by atoms with Crippen LogP contribution >= 0.6 is 0 Å². The maximum atomic E-state index is 12.5. The van der Waals surface area contributed by atoms with Crippen LogP contribution in [0.1, 0.15) is 24.2 Å². The quantitative estimate of drug-likeness (QED) is 0.643. The van der Waals surface area contributed by atoms with Crippen molar-refractivity contribution >= 4 is 5.78 Å². The number of hydrogen-bond donors (Lipinski definition) is 0. The molecule has 0 aromatic carbocycles. The molecular formula is C8H11FN2O. The molecule has 1 heterocycles. The number of halogens is 1. The van der Waals surface area contributed by atoms with Crippen LogP contribution in [0.15, 0.2) is 12.4 Å². The van der Waals surface area contributed by atoms with Gasteiger partial charge in [-0.15, -0.1) is 0 Å². The number of carbonyl (C=O) groups excluding carboxylic acids is 1. The van der Waals surface area contributed by atoms with Gasteiger partial charge in [0.1, 0.15) is 6.17 Å². The number of aromatic nitrogens is 2. The van der Waals surface area contributed by atoms with Crippen molar-refractivity contribution in [1.29, 1.82) is 0 Å². The Morgan fingerprint density at radius 1 is 1.83 bits per heavy atom. The van der Waals surface area contributed by atoms with Crippen LogP contribution in [-0.4, -0.2) is 21.7 Å². The maximum Gasteiger partial charge on any atom is 0.162 e. The molecule has 0 fully saturated rings. The molecule has 1 unspecified atom stereocenters. The monoisotopic (exact) mass is 170 g/mol. The van der Waals surface area contributed by atoms with Crippen LogP contribution in [0.2, 0.25) is 0 Å². The van der Waals surface area contributed by atoms with Gasteiger partial charge in [0, 0.05) is 6.20 Å². The van der Waals surface area contributed by atoms with Gasteiger partial charge < -0.3 is 0 Å². The summed E-state index contributed by atoms with van der Waals surface area (Å²) in [5, 5.41) is 3.83. The first-order valence-corrected chi connectivity index (χ1v) is 3.77. The van der Waals surface area contributed by atoms with Gasteiger partial charge in [0.15, 0.2) is 5.78 Å². The van der Waals surface area contributed by atoms with Crippen molar-refractivity contribution in [3.63, 3.8) is 0 Å². The third kappa shape index (κ3) is 2.15. The molecule has 0 N–H and O–H groups in total. The zero-order chi connectivity index (χ0) is 9.14. The number of nitrogens with zero attached hydrogens (tertiary/aromatic N) is 2. The fourth-order valence-electron chi connectivity index (χ4n) is 0.903. The summed E-state index contributed by atoms with van der Waals surface area (Å²) in [6.07, 6.45) is 2.06. The minimum absolute atomic E-state index is 0.0484. The van der Waals surface area contributed by atoms with Crippen LogP contribution < -0.4 is 0 Å². The lowest BCUT2D eigenvalue weighted by Crippen LogP contribution is -2.07. The van der Waals surface area contributed by atoms with Crippen LogP contribution in [0.4, 0.5) is 4.39 Å². The smallest absolute Gasteiger partial charge is 0.162 e. The fourth-order valence-corrected chi connectivity index (χ4v) is 0.903. The summed E-state index contributed by atoms with van der Waals surface area (Å²) in [6.45, 7) is 3.11. The van der Waals surface area contributed by atoms with E-state index in [0.29, 0.717) is 5.56 Å². The van der Waals surface area contributed by atoms with Crippen molar-refractivity contribution in [1.82, 2.24) is 9.78 Å². The van der Waals surface area contributed by atoms with Gasteiger partial charge in [-0.3, -0.25) is 9.48 Å². The molecule has 0 spiro atoms. The van der Waals surface area contributed by atoms with Crippen molar-refractivity contribution in [2.24, 2.45) is 0 Å². The number of alkyl halides is 1. The molecule has 1 atom stereocenters. The Morgan fingerprint density at radius 3 is 2.92 bits per heavy atom. The van der Waals surface area contributed by atoms with Crippen LogP contribution in [0, 0.1) is 0 Å². The first-order chi connectivity index (χ1) is 5.59. The summed E-state index contributed by atoms with van der Waals surface area (Å²) in [5.74, 6) is -0.0484. The highest BCUT2D eigenvalue weighted by Crippen LogP contribution is 2.00. The first kappa shape index (κ1) is 8.90. The second kappa shape index (κ2) is 3.47. The number of ketones is 1. The lowest BCUT2D eigenvalue weighted by molar-refractivity contribution is 0.101. The molecule has 0 aliphatic heterocycles. The highest BCUT2D eigenvalue weighted by atomic mass is 19.1. The average molecular weight is 170 g/mol. The van der Waals surface area contributed by atoms with Crippen molar-refractivity contribution in [3.05, 3.63) is 18.0 Å². The van der Waals surface area contributed by atoms with E-state index in [9.17, 15) is 9.18 Å². The Balaban J connectivity index is 2.71.